The number of ketones is 1. The number of hydrogen-bond acceptors (Lipinski definition) is 5. The number of carbonyl (C=O) groups is 2. The Kier molecular flexibility index (Phi) is 4.41. The second-order valence-electron chi connectivity index (χ2n) is 4.86. The van der Waals surface area contributed by atoms with Crippen molar-refractivity contribution in [2.45, 2.75) is 19.8 Å². The fourth-order valence-corrected chi connectivity index (χ4v) is 2.13. The molecule has 0 amide bonds. The first-order valence-electron chi connectivity index (χ1n) is 6.54. The zero-order valence-electron chi connectivity index (χ0n) is 11.8. The molecule has 0 unspecified atom stereocenters. The molecule has 1 aromatic heterocycles. The molecule has 6 heteroatoms. The Morgan fingerprint density at radius 2 is 1.82 bits per heavy atom. The molecule has 0 aliphatic rings. The predicted octanol–water partition coefficient (Wildman–Crippen LogP) is 1.77. The Hall–Kier alpha value is -2.89. The summed E-state index contributed by atoms with van der Waals surface area (Å²) in [6.07, 6.45) is -0.328. The zero-order valence-corrected chi connectivity index (χ0v) is 11.8. The van der Waals surface area contributed by atoms with Crippen LogP contribution in [0.5, 0.6) is 5.75 Å². The number of carbonyl (C=O) groups excluding carboxylic acids is 1. The molecular formula is C16H14O6. The number of aromatic hydroxyl groups is 1. The molecule has 0 bridgehead atoms. The van der Waals surface area contributed by atoms with Gasteiger partial charge >= 0.3 is 11.6 Å². The van der Waals surface area contributed by atoms with Gasteiger partial charge in [0.2, 0.25) is 0 Å². The van der Waals surface area contributed by atoms with Crippen LogP contribution < -0.4 is 5.63 Å². The second-order valence-corrected chi connectivity index (χ2v) is 4.86. The van der Waals surface area contributed by atoms with E-state index in [9.17, 15) is 24.6 Å². The molecule has 0 saturated heterocycles. The molecule has 2 aromatic rings. The summed E-state index contributed by atoms with van der Waals surface area (Å²) < 4.78 is 4.95. The highest BCUT2D eigenvalue weighted by atomic mass is 16.4. The maximum Gasteiger partial charge on any atom is 0.343 e. The SMILES string of the molecule is CC(=O)Cc1oc(=O)c(Cc2ccccc2)c(O)c1C(=O)O. The molecule has 22 heavy (non-hydrogen) atoms. The highest BCUT2D eigenvalue weighted by Crippen LogP contribution is 2.26. The van der Waals surface area contributed by atoms with Crippen molar-refractivity contribution in [3.8, 4) is 5.75 Å². The summed E-state index contributed by atoms with van der Waals surface area (Å²) in [6, 6.07) is 8.79. The minimum atomic E-state index is -1.45. The second kappa shape index (κ2) is 6.26. The number of hydrogen-bond donors (Lipinski definition) is 2. The largest absolute Gasteiger partial charge is 0.506 e. The highest BCUT2D eigenvalue weighted by molar-refractivity contribution is 5.93. The highest BCUT2D eigenvalue weighted by Gasteiger charge is 2.25. The maximum atomic E-state index is 12.0. The Balaban J connectivity index is 2.56. The lowest BCUT2D eigenvalue weighted by atomic mass is 10.0. The van der Waals surface area contributed by atoms with E-state index in [0.29, 0.717) is 0 Å². The first kappa shape index (κ1) is 15.5. The minimum absolute atomic E-state index is 0.0373. The van der Waals surface area contributed by atoms with Gasteiger partial charge in [-0.25, -0.2) is 9.59 Å². The molecule has 2 N–H and O–H groups in total. The number of benzene rings is 1. The van der Waals surface area contributed by atoms with Gasteiger partial charge in [-0.2, -0.15) is 0 Å². The molecule has 2 rings (SSSR count). The monoisotopic (exact) mass is 302 g/mol. The topological polar surface area (TPSA) is 105 Å². The molecular weight excluding hydrogens is 288 g/mol. The van der Waals surface area contributed by atoms with Crippen LogP contribution in [0.1, 0.15) is 34.2 Å². The summed E-state index contributed by atoms with van der Waals surface area (Å²) in [7, 11) is 0. The van der Waals surface area contributed by atoms with Gasteiger partial charge in [-0.3, -0.25) is 4.79 Å². The van der Waals surface area contributed by atoms with Gasteiger partial charge < -0.3 is 14.6 Å². The van der Waals surface area contributed by atoms with Crippen LogP contribution in [0, 0.1) is 0 Å². The van der Waals surface area contributed by atoms with E-state index in [2.05, 4.69) is 0 Å². The predicted molar refractivity (Wildman–Crippen MR) is 77.2 cm³/mol. The molecule has 1 heterocycles. The summed E-state index contributed by atoms with van der Waals surface area (Å²) in [4.78, 5) is 34.4. The van der Waals surface area contributed by atoms with Crippen LogP contribution in [0.15, 0.2) is 39.5 Å². The van der Waals surface area contributed by atoms with Crippen molar-refractivity contribution >= 4 is 11.8 Å². The first-order valence-corrected chi connectivity index (χ1v) is 6.54. The van der Waals surface area contributed by atoms with Crippen LogP contribution in [0.4, 0.5) is 0 Å². The van der Waals surface area contributed by atoms with E-state index in [0.717, 1.165) is 5.56 Å². The lowest BCUT2D eigenvalue weighted by molar-refractivity contribution is -0.116. The molecule has 0 fully saturated rings. The summed E-state index contributed by atoms with van der Waals surface area (Å²) in [5.74, 6) is -2.81. The van der Waals surface area contributed by atoms with E-state index in [1.54, 1.807) is 30.3 Å². The van der Waals surface area contributed by atoms with E-state index in [1.807, 2.05) is 0 Å². The number of carboxylic acid groups (broad SMARTS) is 1. The van der Waals surface area contributed by atoms with E-state index in [1.165, 1.54) is 6.92 Å². The van der Waals surface area contributed by atoms with E-state index >= 15 is 0 Å². The standard InChI is InChI=1S/C16H14O6/c1-9(17)7-12-13(15(19)20)14(18)11(16(21)22-12)8-10-5-3-2-4-6-10/h2-6,18H,7-8H2,1H3,(H,19,20). The number of rotatable bonds is 5. The fraction of sp³-hybridized carbons (Fsp3) is 0.188. The third kappa shape index (κ3) is 3.22. The van der Waals surface area contributed by atoms with E-state index in [4.69, 9.17) is 4.42 Å². The number of aromatic carboxylic acids is 1. The van der Waals surface area contributed by atoms with Crippen molar-refractivity contribution in [3.63, 3.8) is 0 Å². The summed E-state index contributed by atoms with van der Waals surface area (Å²) >= 11 is 0. The summed E-state index contributed by atoms with van der Waals surface area (Å²) in [5.41, 5.74) is -0.806. The number of carboxylic acids is 1. The van der Waals surface area contributed by atoms with E-state index in [-0.39, 0.29) is 29.9 Å². The van der Waals surface area contributed by atoms with Crippen LogP contribution in [0.2, 0.25) is 0 Å². The quantitative estimate of drug-likeness (QED) is 0.872. The van der Waals surface area contributed by atoms with Gasteiger partial charge in [0.1, 0.15) is 22.9 Å². The van der Waals surface area contributed by atoms with E-state index < -0.39 is 22.9 Å². The van der Waals surface area contributed by atoms with Crippen LogP contribution in [-0.4, -0.2) is 22.0 Å². The molecule has 6 nitrogen and oxygen atoms in total. The van der Waals surface area contributed by atoms with Crippen molar-refractivity contribution in [1.82, 2.24) is 0 Å². The molecule has 0 aliphatic heterocycles. The fourth-order valence-electron chi connectivity index (χ4n) is 2.13. The Morgan fingerprint density at radius 3 is 2.36 bits per heavy atom. The van der Waals surface area contributed by atoms with Gasteiger partial charge in [0.05, 0.1) is 12.0 Å². The summed E-state index contributed by atoms with van der Waals surface area (Å²) in [6.45, 7) is 1.24. The average Bonchev–Trinajstić information content (AvgIpc) is 2.43. The van der Waals surface area contributed by atoms with Crippen molar-refractivity contribution in [1.29, 1.82) is 0 Å². The van der Waals surface area contributed by atoms with Crippen molar-refractivity contribution < 1.29 is 24.2 Å². The smallest absolute Gasteiger partial charge is 0.343 e. The Bertz CT molecular complexity index is 773. The Labute approximate surface area is 125 Å². The van der Waals surface area contributed by atoms with Crippen LogP contribution in [0.25, 0.3) is 0 Å². The third-order valence-electron chi connectivity index (χ3n) is 3.11. The normalized spacial score (nSPS) is 10.4. The lowest BCUT2D eigenvalue weighted by Gasteiger charge is -2.09. The van der Waals surface area contributed by atoms with Crippen LogP contribution >= 0.6 is 0 Å². The molecule has 0 radical (unpaired) electrons. The van der Waals surface area contributed by atoms with Gasteiger partial charge in [0.15, 0.2) is 0 Å². The van der Waals surface area contributed by atoms with Crippen LogP contribution in [-0.2, 0) is 17.6 Å². The maximum absolute atomic E-state index is 12.0. The molecule has 0 saturated carbocycles. The van der Waals surface area contributed by atoms with Gasteiger partial charge in [-0.15, -0.1) is 0 Å². The average molecular weight is 302 g/mol. The van der Waals surface area contributed by atoms with Crippen molar-refractivity contribution in [2.75, 3.05) is 0 Å². The molecule has 1 aromatic carbocycles. The molecule has 0 aliphatic carbocycles. The first-order chi connectivity index (χ1) is 10.4. The number of Topliss-reactive ketones (excluding diaryl/α,β-unsaturated/α-hetero) is 1. The van der Waals surface area contributed by atoms with Gasteiger partial charge in [0.25, 0.3) is 0 Å². The minimum Gasteiger partial charge on any atom is -0.506 e. The molecule has 0 atom stereocenters. The molecule has 0 spiro atoms. The van der Waals surface area contributed by atoms with Gasteiger partial charge in [0, 0.05) is 6.42 Å². The van der Waals surface area contributed by atoms with Gasteiger partial charge in [-0.05, 0) is 12.5 Å². The Morgan fingerprint density at radius 1 is 1.18 bits per heavy atom. The van der Waals surface area contributed by atoms with Crippen molar-refractivity contribution in [2.24, 2.45) is 0 Å². The van der Waals surface area contributed by atoms with Gasteiger partial charge in [-0.1, -0.05) is 30.3 Å². The van der Waals surface area contributed by atoms with Crippen molar-refractivity contribution in [3.05, 3.63) is 63.2 Å². The van der Waals surface area contributed by atoms with Crippen LogP contribution in [0.3, 0.4) is 0 Å². The molecule has 114 valence electrons. The lowest BCUT2D eigenvalue weighted by Crippen LogP contribution is -2.17. The third-order valence-corrected chi connectivity index (χ3v) is 3.11. The zero-order chi connectivity index (χ0) is 16.3. The summed E-state index contributed by atoms with van der Waals surface area (Å²) in [5, 5.41) is 19.4.